The maximum Gasteiger partial charge on any atom is 0.335 e. The SMILES string of the molecule is O=C(O)c1ccc(CNC(=O)c2cc(-c3ccc(F)c(F)c3)cc3scc(C(=O)c4ccc(Cl)cc4)c23)cc1. The molecule has 0 radical (unpaired) electrons. The zero-order valence-electron chi connectivity index (χ0n) is 20.0. The van der Waals surface area contributed by atoms with Gasteiger partial charge in [-0.1, -0.05) is 29.8 Å². The number of carboxylic acid groups (broad SMARTS) is 1. The zero-order chi connectivity index (χ0) is 27.7. The molecule has 39 heavy (non-hydrogen) atoms. The molecule has 5 nitrogen and oxygen atoms in total. The van der Waals surface area contributed by atoms with Gasteiger partial charge in [-0.3, -0.25) is 9.59 Å². The summed E-state index contributed by atoms with van der Waals surface area (Å²) in [6.07, 6.45) is 0. The minimum absolute atomic E-state index is 0.0975. The number of amides is 1. The van der Waals surface area contributed by atoms with Gasteiger partial charge >= 0.3 is 5.97 Å². The van der Waals surface area contributed by atoms with Crippen LogP contribution in [0.15, 0.2) is 84.2 Å². The highest BCUT2D eigenvalue weighted by atomic mass is 35.5. The van der Waals surface area contributed by atoms with Crippen LogP contribution in [0.4, 0.5) is 8.78 Å². The second-order valence-corrected chi connectivity index (χ2v) is 10.0. The lowest BCUT2D eigenvalue weighted by molar-refractivity contribution is 0.0696. The Balaban J connectivity index is 1.57. The summed E-state index contributed by atoms with van der Waals surface area (Å²) in [4.78, 5) is 38.0. The Hall–Kier alpha value is -4.40. The first-order chi connectivity index (χ1) is 18.7. The van der Waals surface area contributed by atoms with E-state index in [9.17, 15) is 23.2 Å². The fourth-order valence-corrected chi connectivity index (χ4v) is 5.28. The van der Waals surface area contributed by atoms with Gasteiger partial charge in [0.25, 0.3) is 5.91 Å². The number of hydrogen-bond acceptors (Lipinski definition) is 4. The largest absolute Gasteiger partial charge is 0.478 e. The highest BCUT2D eigenvalue weighted by molar-refractivity contribution is 7.17. The molecule has 0 unspecified atom stereocenters. The molecule has 5 aromatic rings. The third kappa shape index (κ3) is 5.43. The summed E-state index contributed by atoms with van der Waals surface area (Å²) in [5, 5.41) is 14.5. The van der Waals surface area contributed by atoms with Crippen LogP contribution in [0.3, 0.4) is 0 Å². The van der Waals surface area contributed by atoms with Crippen LogP contribution in [0.1, 0.15) is 42.2 Å². The van der Waals surface area contributed by atoms with Gasteiger partial charge in [0, 0.05) is 43.7 Å². The molecule has 1 heterocycles. The molecule has 0 fully saturated rings. The number of benzene rings is 4. The van der Waals surface area contributed by atoms with Crippen molar-refractivity contribution in [3.05, 3.63) is 129 Å². The first-order valence-corrected chi connectivity index (χ1v) is 12.9. The quantitative estimate of drug-likeness (QED) is 0.203. The van der Waals surface area contributed by atoms with Crippen LogP contribution in [0, 0.1) is 11.6 Å². The number of carbonyl (C=O) groups is 3. The van der Waals surface area contributed by atoms with Crippen molar-refractivity contribution in [3.8, 4) is 11.1 Å². The number of ketones is 1. The van der Waals surface area contributed by atoms with Crippen molar-refractivity contribution in [2.75, 3.05) is 0 Å². The van der Waals surface area contributed by atoms with Gasteiger partial charge in [0.15, 0.2) is 17.4 Å². The third-order valence-electron chi connectivity index (χ3n) is 6.18. The van der Waals surface area contributed by atoms with Gasteiger partial charge in [-0.2, -0.15) is 0 Å². The average Bonchev–Trinajstić information content (AvgIpc) is 3.37. The second kappa shape index (κ2) is 10.8. The number of aromatic carboxylic acids is 1. The van der Waals surface area contributed by atoms with E-state index in [4.69, 9.17) is 16.7 Å². The molecule has 0 saturated carbocycles. The van der Waals surface area contributed by atoms with E-state index in [1.165, 1.54) is 29.5 Å². The minimum Gasteiger partial charge on any atom is -0.478 e. The summed E-state index contributed by atoms with van der Waals surface area (Å²) >= 11 is 7.22. The summed E-state index contributed by atoms with van der Waals surface area (Å²) in [7, 11) is 0. The number of carbonyl (C=O) groups excluding carboxylic acids is 2. The molecule has 0 bridgehead atoms. The molecule has 1 aromatic heterocycles. The summed E-state index contributed by atoms with van der Waals surface area (Å²) in [6.45, 7) is 0.0975. The molecule has 0 atom stereocenters. The van der Waals surface area contributed by atoms with Crippen molar-refractivity contribution in [1.29, 1.82) is 0 Å². The lowest BCUT2D eigenvalue weighted by Gasteiger charge is -2.12. The third-order valence-corrected chi connectivity index (χ3v) is 7.36. The molecular weight excluding hydrogens is 544 g/mol. The summed E-state index contributed by atoms with van der Waals surface area (Å²) in [5.74, 6) is -3.85. The minimum atomic E-state index is -1.06. The predicted octanol–water partition coefficient (Wildman–Crippen LogP) is 7.36. The average molecular weight is 562 g/mol. The molecule has 2 N–H and O–H groups in total. The van der Waals surface area contributed by atoms with E-state index >= 15 is 0 Å². The predicted molar refractivity (Wildman–Crippen MR) is 147 cm³/mol. The van der Waals surface area contributed by atoms with E-state index in [1.54, 1.807) is 53.9 Å². The molecule has 0 aliphatic carbocycles. The van der Waals surface area contributed by atoms with E-state index in [0.717, 1.165) is 12.1 Å². The highest BCUT2D eigenvalue weighted by Crippen LogP contribution is 2.36. The van der Waals surface area contributed by atoms with Gasteiger partial charge in [-0.15, -0.1) is 11.3 Å². The number of nitrogens with one attached hydrogen (secondary N) is 1. The molecule has 4 aromatic carbocycles. The lowest BCUT2D eigenvalue weighted by Crippen LogP contribution is -2.23. The molecule has 0 aliphatic rings. The van der Waals surface area contributed by atoms with Gasteiger partial charge in [0.1, 0.15) is 0 Å². The summed E-state index contributed by atoms with van der Waals surface area (Å²) in [5.41, 5.74) is 2.54. The van der Waals surface area contributed by atoms with Gasteiger partial charge in [-0.25, -0.2) is 13.6 Å². The van der Waals surface area contributed by atoms with Crippen LogP contribution in [-0.2, 0) is 6.54 Å². The van der Waals surface area contributed by atoms with Crippen molar-refractivity contribution >= 4 is 50.7 Å². The van der Waals surface area contributed by atoms with E-state index in [-0.39, 0.29) is 23.5 Å². The summed E-state index contributed by atoms with van der Waals surface area (Å²) < 4.78 is 28.2. The topological polar surface area (TPSA) is 83.5 Å². The first-order valence-electron chi connectivity index (χ1n) is 11.6. The monoisotopic (exact) mass is 561 g/mol. The maximum absolute atomic E-state index is 14.0. The zero-order valence-corrected chi connectivity index (χ0v) is 21.6. The molecule has 9 heteroatoms. The van der Waals surface area contributed by atoms with Crippen LogP contribution in [0.5, 0.6) is 0 Å². The van der Waals surface area contributed by atoms with Crippen LogP contribution in [-0.4, -0.2) is 22.8 Å². The molecule has 5 rings (SSSR count). The Morgan fingerprint density at radius 3 is 2.15 bits per heavy atom. The van der Waals surface area contributed by atoms with E-state index < -0.39 is 23.5 Å². The van der Waals surface area contributed by atoms with Crippen molar-refractivity contribution < 1.29 is 28.3 Å². The molecule has 194 valence electrons. The fraction of sp³-hybridized carbons (Fsp3) is 0.0333. The van der Waals surface area contributed by atoms with Gasteiger partial charge < -0.3 is 10.4 Å². The van der Waals surface area contributed by atoms with Crippen molar-refractivity contribution in [3.63, 3.8) is 0 Å². The molecular formula is C30H18ClF2NO4S. The highest BCUT2D eigenvalue weighted by Gasteiger charge is 2.22. The van der Waals surface area contributed by atoms with Crippen molar-refractivity contribution in [2.45, 2.75) is 6.54 Å². The maximum atomic E-state index is 14.0. The number of fused-ring (bicyclic) bond motifs is 1. The van der Waals surface area contributed by atoms with Crippen LogP contribution < -0.4 is 5.32 Å². The molecule has 0 saturated heterocycles. The normalized spacial score (nSPS) is 10.9. The Bertz CT molecular complexity index is 1750. The lowest BCUT2D eigenvalue weighted by atomic mass is 9.95. The Kier molecular flexibility index (Phi) is 7.24. The van der Waals surface area contributed by atoms with Gasteiger partial charge in [0.05, 0.1) is 5.56 Å². The molecule has 1 amide bonds. The van der Waals surface area contributed by atoms with E-state index in [0.29, 0.717) is 42.9 Å². The van der Waals surface area contributed by atoms with Gasteiger partial charge in [0.2, 0.25) is 0 Å². The van der Waals surface area contributed by atoms with Crippen molar-refractivity contribution in [1.82, 2.24) is 5.32 Å². The van der Waals surface area contributed by atoms with E-state index in [1.807, 2.05) is 0 Å². The molecule has 0 spiro atoms. The standard InChI is InChI=1S/C30H18ClF2NO4S/c31-21-8-5-17(6-9-21)28(35)23-15-39-26-13-20(19-7-10-24(32)25(33)12-19)11-22(27(23)26)29(36)34-14-16-1-3-18(4-2-16)30(37)38/h1-13,15H,14H2,(H,34,36)(H,37,38). The number of carboxylic acids is 1. The Morgan fingerprint density at radius 2 is 1.49 bits per heavy atom. The van der Waals surface area contributed by atoms with E-state index in [2.05, 4.69) is 5.32 Å². The smallest absolute Gasteiger partial charge is 0.335 e. The van der Waals surface area contributed by atoms with Crippen LogP contribution in [0.25, 0.3) is 21.2 Å². The Morgan fingerprint density at radius 1 is 0.795 bits per heavy atom. The van der Waals surface area contributed by atoms with Crippen LogP contribution >= 0.6 is 22.9 Å². The molecule has 0 aliphatic heterocycles. The van der Waals surface area contributed by atoms with Gasteiger partial charge in [-0.05, 0) is 77.4 Å². The summed E-state index contributed by atoms with van der Waals surface area (Å²) in [6, 6.07) is 19.2. The first kappa shape index (κ1) is 26.2. The number of hydrogen-bond donors (Lipinski definition) is 2. The second-order valence-electron chi connectivity index (χ2n) is 8.70. The number of thiophene rings is 1. The number of halogens is 3. The van der Waals surface area contributed by atoms with Crippen LogP contribution in [0.2, 0.25) is 5.02 Å². The number of rotatable bonds is 7. The van der Waals surface area contributed by atoms with Crippen molar-refractivity contribution in [2.24, 2.45) is 0 Å². The Labute approximate surface area is 230 Å². The fourth-order valence-electron chi connectivity index (χ4n) is 4.16.